The van der Waals surface area contributed by atoms with E-state index in [1.54, 1.807) is 12.1 Å². The molecule has 3 nitrogen and oxygen atoms in total. The molecule has 0 atom stereocenters. The van der Waals surface area contributed by atoms with Gasteiger partial charge in [0, 0.05) is 50.3 Å². The average molecular weight is 285 g/mol. The topological polar surface area (TPSA) is 19.4 Å². The van der Waals surface area contributed by atoms with Crippen LogP contribution in [0.15, 0.2) is 42.6 Å². The number of rotatable bonds is 3. The largest absolute Gasteiger partial charge is 0.369 e. The van der Waals surface area contributed by atoms with Crippen molar-refractivity contribution in [1.29, 1.82) is 0 Å². The van der Waals surface area contributed by atoms with Gasteiger partial charge in [-0.25, -0.2) is 4.39 Å². The Labute approximate surface area is 125 Å². The van der Waals surface area contributed by atoms with Gasteiger partial charge in [-0.3, -0.25) is 9.88 Å². The number of hydrogen-bond acceptors (Lipinski definition) is 3. The fourth-order valence-electron chi connectivity index (χ4n) is 2.78. The number of pyridine rings is 1. The van der Waals surface area contributed by atoms with Crippen molar-refractivity contribution in [2.45, 2.75) is 13.5 Å². The SMILES string of the molecule is Cc1cc(N2CCN(Cc3cccc(F)c3)CC2)ccn1. The Hall–Kier alpha value is -1.94. The maximum Gasteiger partial charge on any atom is 0.123 e. The zero-order chi connectivity index (χ0) is 14.7. The van der Waals surface area contributed by atoms with Crippen LogP contribution in [0.5, 0.6) is 0 Å². The standard InChI is InChI=1S/C17H20FN3/c1-14-11-17(5-6-19-14)21-9-7-20(8-10-21)13-15-3-2-4-16(18)12-15/h2-6,11-12H,7-10,13H2,1H3. The van der Waals surface area contributed by atoms with Gasteiger partial charge in [-0.1, -0.05) is 12.1 Å². The van der Waals surface area contributed by atoms with E-state index >= 15 is 0 Å². The molecule has 0 unspecified atom stereocenters. The molecular weight excluding hydrogens is 265 g/mol. The lowest BCUT2D eigenvalue weighted by atomic mass is 10.2. The molecular formula is C17H20FN3. The molecule has 4 heteroatoms. The predicted octanol–water partition coefficient (Wildman–Crippen LogP) is 2.85. The van der Waals surface area contributed by atoms with Crippen LogP contribution in [0, 0.1) is 12.7 Å². The minimum absolute atomic E-state index is 0.154. The molecule has 1 aliphatic rings. The van der Waals surface area contributed by atoms with Gasteiger partial charge in [0.1, 0.15) is 5.82 Å². The van der Waals surface area contributed by atoms with Crippen LogP contribution >= 0.6 is 0 Å². The zero-order valence-corrected chi connectivity index (χ0v) is 12.3. The van der Waals surface area contributed by atoms with Crippen molar-refractivity contribution in [3.05, 3.63) is 59.7 Å². The van der Waals surface area contributed by atoms with Crippen LogP contribution in [-0.4, -0.2) is 36.1 Å². The highest BCUT2D eigenvalue weighted by molar-refractivity contribution is 5.46. The highest BCUT2D eigenvalue weighted by Gasteiger charge is 2.17. The Balaban J connectivity index is 1.58. The highest BCUT2D eigenvalue weighted by atomic mass is 19.1. The molecule has 3 rings (SSSR count). The van der Waals surface area contributed by atoms with Gasteiger partial charge in [-0.15, -0.1) is 0 Å². The van der Waals surface area contributed by atoms with Crippen LogP contribution in [0.3, 0.4) is 0 Å². The first kappa shape index (κ1) is 14.0. The first-order valence-corrected chi connectivity index (χ1v) is 7.35. The third kappa shape index (κ3) is 3.58. The lowest BCUT2D eigenvalue weighted by molar-refractivity contribution is 0.249. The van der Waals surface area contributed by atoms with Crippen molar-refractivity contribution in [3.8, 4) is 0 Å². The molecule has 0 bridgehead atoms. The predicted molar refractivity (Wildman–Crippen MR) is 82.9 cm³/mol. The van der Waals surface area contributed by atoms with Crippen LogP contribution in [-0.2, 0) is 6.54 Å². The van der Waals surface area contributed by atoms with E-state index in [-0.39, 0.29) is 5.82 Å². The summed E-state index contributed by atoms with van der Waals surface area (Å²) in [5.74, 6) is -0.154. The second-order valence-electron chi connectivity index (χ2n) is 5.55. The molecule has 1 aromatic carbocycles. The molecule has 0 amide bonds. The van der Waals surface area contributed by atoms with Crippen LogP contribution in [0.1, 0.15) is 11.3 Å². The highest BCUT2D eigenvalue weighted by Crippen LogP contribution is 2.17. The van der Waals surface area contributed by atoms with Crippen LogP contribution < -0.4 is 4.90 Å². The van der Waals surface area contributed by atoms with Crippen molar-refractivity contribution < 1.29 is 4.39 Å². The van der Waals surface area contributed by atoms with Crippen LogP contribution in [0.25, 0.3) is 0 Å². The maximum atomic E-state index is 13.2. The molecule has 1 saturated heterocycles. The van der Waals surface area contributed by atoms with Crippen molar-refractivity contribution in [3.63, 3.8) is 0 Å². The monoisotopic (exact) mass is 285 g/mol. The lowest BCUT2D eigenvalue weighted by Gasteiger charge is -2.36. The summed E-state index contributed by atoms with van der Waals surface area (Å²) in [6.07, 6.45) is 1.86. The van der Waals surface area contributed by atoms with Gasteiger partial charge in [0.2, 0.25) is 0 Å². The van der Waals surface area contributed by atoms with Gasteiger partial charge >= 0.3 is 0 Å². The number of piperazine rings is 1. The quantitative estimate of drug-likeness (QED) is 0.864. The summed E-state index contributed by atoms with van der Waals surface area (Å²) in [4.78, 5) is 9.00. The number of aromatic nitrogens is 1. The molecule has 2 aromatic rings. The first-order valence-electron chi connectivity index (χ1n) is 7.35. The van der Waals surface area contributed by atoms with Crippen molar-refractivity contribution in [2.75, 3.05) is 31.1 Å². The Bertz CT molecular complexity index is 606. The average Bonchev–Trinajstić information content (AvgIpc) is 2.48. The van der Waals surface area contributed by atoms with Gasteiger partial charge in [-0.2, -0.15) is 0 Å². The van der Waals surface area contributed by atoms with Crippen molar-refractivity contribution in [2.24, 2.45) is 0 Å². The van der Waals surface area contributed by atoms with Gasteiger partial charge in [0.05, 0.1) is 0 Å². The van der Waals surface area contributed by atoms with E-state index in [2.05, 4.69) is 26.9 Å². The van der Waals surface area contributed by atoms with E-state index in [1.165, 1.54) is 11.8 Å². The summed E-state index contributed by atoms with van der Waals surface area (Å²) in [6, 6.07) is 11.1. The minimum Gasteiger partial charge on any atom is -0.369 e. The van der Waals surface area contributed by atoms with Gasteiger partial charge in [0.15, 0.2) is 0 Å². The number of hydrogen-bond donors (Lipinski definition) is 0. The van der Waals surface area contributed by atoms with Gasteiger partial charge < -0.3 is 4.90 Å². The molecule has 110 valence electrons. The summed E-state index contributed by atoms with van der Waals surface area (Å²) < 4.78 is 13.2. The second kappa shape index (κ2) is 6.22. The fraction of sp³-hybridized carbons (Fsp3) is 0.353. The molecule has 1 aliphatic heterocycles. The lowest BCUT2D eigenvalue weighted by Crippen LogP contribution is -2.46. The fourth-order valence-corrected chi connectivity index (χ4v) is 2.78. The number of benzene rings is 1. The number of aryl methyl sites for hydroxylation is 1. The van der Waals surface area contributed by atoms with Crippen LogP contribution in [0.2, 0.25) is 0 Å². The van der Waals surface area contributed by atoms with E-state index < -0.39 is 0 Å². The summed E-state index contributed by atoms with van der Waals surface area (Å²) in [6.45, 7) is 6.83. The van der Waals surface area contributed by atoms with Gasteiger partial charge in [-0.05, 0) is 36.8 Å². The molecule has 0 aliphatic carbocycles. The third-order valence-electron chi connectivity index (χ3n) is 3.91. The number of halogens is 1. The van der Waals surface area contributed by atoms with E-state index in [9.17, 15) is 4.39 Å². The van der Waals surface area contributed by atoms with E-state index in [1.807, 2.05) is 19.2 Å². The zero-order valence-electron chi connectivity index (χ0n) is 12.3. The molecule has 0 radical (unpaired) electrons. The van der Waals surface area contributed by atoms with Gasteiger partial charge in [0.25, 0.3) is 0 Å². The summed E-state index contributed by atoms with van der Waals surface area (Å²) >= 11 is 0. The summed E-state index contributed by atoms with van der Waals surface area (Å²) in [5.41, 5.74) is 3.34. The molecule has 1 aromatic heterocycles. The maximum absolute atomic E-state index is 13.2. The Kier molecular flexibility index (Phi) is 4.15. The van der Waals surface area contributed by atoms with E-state index in [0.29, 0.717) is 0 Å². The molecule has 2 heterocycles. The second-order valence-corrected chi connectivity index (χ2v) is 5.55. The minimum atomic E-state index is -0.154. The molecule has 0 saturated carbocycles. The third-order valence-corrected chi connectivity index (χ3v) is 3.91. The molecule has 1 fully saturated rings. The Morgan fingerprint density at radius 1 is 1.10 bits per heavy atom. The molecule has 0 spiro atoms. The summed E-state index contributed by atoms with van der Waals surface area (Å²) in [7, 11) is 0. The van der Waals surface area contributed by atoms with Crippen molar-refractivity contribution >= 4 is 5.69 Å². The Morgan fingerprint density at radius 2 is 1.90 bits per heavy atom. The number of nitrogens with zero attached hydrogens (tertiary/aromatic N) is 3. The molecule has 21 heavy (non-hydrogen) atoms. The van der Waals surface area contributed by atoms with Crippen LogP contribution in [0.4, 0.5) is 10.1 Å². The molecule has 0 N–H and O–H groups in total. The number of anilines is 1. The summed E-state index contributed by atoms with van der Waals surface area (Å²) in [5, 5.41) is 0. The first-order chi connectivity index (χ1) is 10.2. The van der Waals surface area contributed by atoms with E-state index in [4.69, 9.17) is 0 Å². The smallest absolute Gasteiger partial charge is 0.123 e. The normalized spacial score (nSPS) is 16.2. The van der Waals surface area contributed by atoms with E-state index in [0.717, 1.165) is 44.0 Å². The Morgan fingerprint density at radius 3 is 2.62 bits per heavy atom. The van der Waals surface area contributed by atoms with Crippen molar-refractivity contribution in [1.82, 2.24) is 9.88 Å².